The van der Waals surface area contributed by atoms with Crippen molar-refractivity contribution in [3.8, 4) is 11.5 Å². The second-order valence-electron chi connectivity index (χ2n) is 3.64. The van der Waals surface area contributed by atoms with Crippen molar-refractivity contribution in [3.05, 3.63) is 59.1 Å². The van der Waals surface area contributed by atoms with E-state index in [1.54, 1.807) is 13.2 Å². The van der Waals surface area contributed by atoms with Crippen molar-refractivity contribution < 1.29 is 9.47 Å². The number of benzene rings is 2. The lowest BCUT2D eigenvalue weighted by Crippen LogP contribution is -1.88. The van der Waals surface area contributed by atoms with Gasteiger partial charge < -0.3 is 9.47 Å². The van der Waals surface area contributed by atoms with E-state index >= 15 is 0 Å². The van der Waals surface area contributed by atoms with Crippen LogP contribution in [0.2, 0.25) is 5.02 Å². The van der Waals surface area contributed by atoms with Crippen LogP contribution in [0, 0.1) is 0 Å². The van der Waals surface area contributed by atoms with Gasteiger partial charge in [-0.3, -0.25) is 0 Å². The fraction of sp³-hybridized carbons (Fsp3) is 0.143. The molecule has 0 aromatic heterocycles. The highest BCUT2D eigenvalue weighted by atomic mass is 35.5. The van der Waals surface area contributed by atoms with E-state index in [0.717, 1.165) is 17.1 Å². The molecule has 2 aromatic carbocycles. The molecule has 0 N–H and O–H groups in total. The Bertz CT molecular complexity index is 480. The van der Waals surface area contributed by atoms with Crippen molar-refractivity contribution in [2.24, 2.45) is 0 Å². The first-order valence-corrected chi connectivity index (χ1v) is 5.67. The number of hydrogen-bond donors (Lipinski definition) is 0. The molecule has 0 aliphatic carbocycles. The Labute approximate surface area is 106 Å². The van der Waals surface area contributed by atoms with Crippen molar-refractivity contribution >= 4 is 11.6 Å². The topological polar surface area (TPSA) is 18.5 Å². The van der Waals surface area contributed by atoms with Gasteiger partial charge in [0.1, 0.15) is 11.5 Å². The number of methoxy groups -OCH3 is 1. The predicted molar refractivity (Wildman–Crippen MR) is 68.7 cm³/mol. The van der Waals surface area contributed by atoms with Gasteiger partial charge in [-0.05, 0) is 35.9 Å². The maximum atomic E-state index is 5.88. The average Bonchev–Trinajstić information content (AvgIpc) is 2.32. The van der Waals surface area contributed by atoms with Crippen LogP contribution in [0.4, 0.5) is 0 Å². The Hall–Kier alpha value is -1.51. The van der Waals surface area contributed by atoms with E-state index in [1.807, 2.05) is 42.5 Å². The number of halogens is 1. The summed E-state index contributed by atoms with van der Waals surface area (Å²) in [5.74, 6) is 1.52. The lowest BCUT2D eigenvalue weighted by atomic mass is 10.2. The first-order chi connectivity index (χ1) is 8.28. The van der Waals surface area contributed by atoms with Crippen LogP contribution in [0.1, 0.15) is 5.56 Å². The van der Waals surface area contributed by atoms with Crippen molar-refractivity contribution in [2.45, 2.75) is 6.61 Å². The molecule has 0 unspecified atom stereocenters. The van der Waals surface area contributed by atoms with Crippen LogP contribution in [0.25, 0.3) is 0 Å². The fourth-order valence-corrected chi connectivity index (χ4v) is 1.67. The Kier molecular flexibility index (Phi) is 4.02. The molecule has 0 saturated heterocycles. The quantitative estimate of drug-likeness (QED) is 0.804. The van der Waals surface area contributed by atoms with Gasteiger partial charge in [0, 0.05) is 12.1 Å². The van der Waals surface area contributed by atoms with Gasteiger partial charge in [0.15, 0.2) is 0 Å². The summed E-state index contributed by atoms with van der Waals surface area (Å²) < 4.78 is 10.7. The summed E-state index contributed by atoms with van der Waals surface area (Å²) in [6, 6.07) is 15.1. The first kappa shape index (κ1) is 12.0. The molecular formula is C14H13ClO2. The lowest BCUT2D eigenvalue weighted by molar-refractivity contribution is 0.185. The summed E-state index contributed by atoms with van der Waals surface area (Å²) in [7, 11) is 1.68. The second kappa shape index (κ2) is 5.71. The van der Waals surface area contributed by atoms with Gasteiger partial charge in [-0.2, -0.15) is 0 Å². The fourth-order valence-electron chi connectivity index (χ4n) is 1.49. The predicted octanol–water partition coefficient (Wildman–Crippen LogP) is 4.28. The summed E-state index contributed by atoms with van der Waals surface area (Å²) in [4.78, 5) is 0. The molecule has 3 heteroatoms. The third-order valence-electron chi connectivity index (χ3n) is 2.27. The van der Waals surface area contributed by atoms with Crippen LogP contribution in [0.5, 0.6) is 11.5 Å². The first-order valence-electron chi connectivity index (χ1n) is 5.29. The number of hydrogen-bond acceptors (Lipinski definition) is 2. The van der Waals surface area contributed by atoms with E-state index in [0.29, 0.717) is 11.6 Å². The van der Waals surface area contributed by atoms with Crippen LogP contribution in [0.15, 0.2) is 48.5 Å². The summed E-state index contributed by atoms with van der Waals surface area (Å²) in [6.45, 7) is 0.609. The minimum atomic E-state index is 0.609. The molecule has 0 spiro atoms. The molecule has 0 saturated carbocycles. The number of rotatable bonds is 4. The summed E-state index contributed by atoms with van der Waals surface area (Å²) in [5, 5.41) is 0.665. The third kappa shape index (κ3) is 3.48. The molecule has 0 fully saturated rings. The van der Waals surface area contributed by atoms with Crippen molar-refractivity contribution in [3.63, 3.8) is 0 Å². The largest absolute Gasteiger partial charge is 0.457 e. The van der Waals surface area contributed by atoms with Crippen molar-refractivity contribution in [2.75, 3.05) is 7.11 Å². The molecule has 2 nitrogen and oxygen atoms in total. The van der Waals surface area contributed by atoms with Crippen LogP contribution < -0.4 is 4.74 Å². The van der Waals surface area contributed by atoms with Crippen LogP contribution >= 0.6 is 11.6 Å². The van der Waals surface area contributed by atoms with Gasteiger partial charge in [0.25, 0.3) is 0 Å². The minimum Gasteiger partial charge on any atom is -0.457 e. The molecule has 2 aromatic rings. The number of ether oxygens (including phenoxy) is 2. The monoisotopic (exact) mass is 248 g/mol. The highest BCUT2D eigenvalue weighted by Crippen LogP contribution is 2.24. The zero-order valence-corrected chi connectivity index (χ0v) is 10.3. The van der Waals surface area contributed by atoms with E-state index in [9.17, 15) is 0 Å². The van der Waals surface area contributed by atoms with Gasteiger partial charge >= 0.3 is 0 Å². The molecule has 0 heterocycles. The standard InChI is InChI=1S/C14H13ClO2/c1-16-10-11-5-7-13(8-6-11)17-14-4-2-3-12(15)9-14/h2-9H,10H2,1H3. The molecule has 0 aliphatic heterocycles. The highest BCUT2D eigenvalue weighted by molar-refractivity contribution is 6.30. The molecular weight excluding hydrogens is 236 g/mol. The normalized spacial score (nSPS) is 10.2. The van der Waals surface area contributed by atoms with Gasteiger partial charge in [0.05, 0.1) is 6.61 Å². The van der Waals surface area contributed by atoms with Crippen molar-refractivity contribution in [1.82, 2.24) is 0 Å². The van der Waals surface area contributed by atoms with E-state index in [1.165, 1.54) is 0 Å². The minimum absolute atomic E-state index is 0.609. The molecule has 0 amide bonds. The molecule has 0 bridgehead atoms. The zero-order chi connectivity index (χ0) is 12.1. The van der Waals surface area contributed by atoms with Crippen molar-refractivity contribution in [1.29, 1.82) is 0 Å². The summed E-state index contributed by atoms with van der Waals surface area (Å²) in [6.07, 6.45) is 0. The Balaban J connectivity index is 2.08. The van der Waals surface area contributed by atoms with E-state index in [2.05, 4.69) is 0 Å². The molecule has 2 rings (SSSR count). The van der Waals surface area contributed by atoms with Gasteiger partial charge in [-0.25, -0.2) is 0 Å². The van der Waals surface area contributed by atoms with E-state index in [4.69, 9.17) is 21.1 Å². The molecule has 88 valence electrons. The van der Waals surface area contributed by atoms with E-state index in [-0.39, 0.29) is 0 Å². The molecule has 0 aliphatic rings. The van der Waals surface area contributed by atoms with Gasteiger partial charge in [-0.1, -0.05) is 29.8 Å². The Morgan fingerprint density at radius 2 is 1.76 bits per heavy atom. The lowest BCUT2D eigenvalue weighted by Gasteiger charge is -2.06. The highest BCUT2D eigenvalue weighted by Gasteiger charge is 1.98. The zero-order valence-electron chi connectivity index (χ0n) is 9.52. The van der Waals surface area contributed by atoms with Crippen LogP contribution in [-0.4, -0.2) is 7.11 Å². The summed E-state index contributed by atoms with van der Waals surface area (Å²) in [5.41, 5.74) is 1.12. The Morgan fingerprint density at radius 1 is 1.00 bits per heavy atom. The molecule has 0 atom stereocenters. The van der Waals surface area contributed by atoms with Crippen LogP contribution in [0.3, 0.4) is 0 Å². The van der Waals surface area contributed by atoms with Gasteiger partial charge in [-0.15, -0.1) is 0 Å². The van der Waals surface area contributed by atoms with Crippen LogP contribution in [-0.2, 0) is 11.3 Å². The average molecular weight is 249 g/mol. The Morgan fingerprint density at radius 3 is 2.41 bits per heavy atom. The molecule has 17 heavy (non-hydrogen) atoms. The molecule has 0 radical (unpaired) electrons. The summed E-state index contributed by atoms with van der Waals surface area (Å²) >= 11 is 5.88. The third-order valence-corrected chi connectivity index (χ3v) is 2.50. The SMILES string of the molecule is COCc1ccc(Oc2cccc(Cl)c2)cc1. The maximum Gasteiger partial charge on any atom is 0.128 e. The van der Waals surface area contributed by atoms with E-state index < -0.39 is 0 Å². The smallest absolute Gasteiger partial charge is 0.128 e. The second-order valence-corrected chi connectivity index (χ2v) is 4.07. The maximum absolute atomic E-state index is 5.88. The van der Waals surface area contributed by atoms with Gasteiger partial charge in [0.2, 0.25) is 0 Å².